The van der Waals surface area contributed by atoms with Gasteiger partial charge in [-0.05, 0) is 42.7 Å². The molecular weight excluding hydrogens is 370 g/mol. The predicted octanol–water partition coefficient (Wildman–Crippen LogP) is 2.70. The molecule has 0 radical (unpaired) electrons. The molecule has 0 fully saturated rings. The van der Waals surface area contributed by atoms with Gasteiger partial charge in [-0.1, -0.05) is 25.1 Å². The van der Waals surface area contributed by atoms with E-state index in [1.807, 2.05) is 31.2 Å². The highest BCUT2D eigenvalue weighted by molar-refractivity contribution is 5.97. The van der Waals surface area contributed by atoms with Gasteiger partial charge in [0.05, 0.1) is 16.5 Å². The first-order valence-electron chi connectivity index (χ1n) is 9.65. The number of aryl methyl sites for hydroxylation is 2. The van der Waals surface area contributed by atoms with E-state index in [0.717, 1.165) is 30.7 Å². The van der Waals surface area contributed by atoms with Crippen LogP contribution in [-0.2, 0) is 28.9 Å². The van der Waals surface area contributed by atoms with E-state index in [2.05, 4.69) is 10.3 Å². The number of hydrogen-bond donors (Lipinski definition) is 1. The highest BCUT2D eigenvalue weighted by atomic mass is 16.5. The van der Waals surface area contributed by atoms with Gasteiger partial charge in [0.1, 0.15) is 5.82 Å². The van der Waals surface area contributed by atoms with Crippen molar-refractivity contribution in [1.82, 2.24) is 9.55 Å². The van der Waals surface area contributed by atoms with Crippen LogP contribution in [0.15, 0.2) is 47.3 Å². The lowest BCUT2D eigenvalue weighted by Crippen LogP contribution is -2.22. The lowest BCUT2D eigenvalue weighted by atomic mass is 10.1. The Balaban J connectivity index is 1.46. The van der Waals surface area contributed by atoms with Crippen LogP contribution in [0.3, 0.4) is 0 Å². The first-order chi connectivity index (χ1) is 14.1. The number of aromatic nitrogens is 2. The summed E-state index contributed by atoms with van der Waals surface area (Å²) >= 11 is 0. The molecule has 29 heavy (non-hydrogen) atoms. The molecule has 3 aromatic rings. The third kappa shape index (κ3) is 3.76. The minimum Gasteiger partial charge on any atom is -0.452 e. The van der Waals surface area contributed by atoms with Crippen LogP contribution in [0.1, 0.15) is 35.1 Å². The van der Waals surface area contributed by atoms with Crippen molar-refractivity contribution in [2.75, 3.05) is 11.9 Å². The molecule has 0 atom stereocenters. The highest BCUT2D eigenvalue weighted by Gasteiger charge is 2.18. The molecular formula is C22H21N3O4. The fraction of sp³-hybridized carbons (Fsp3) is 0.273. The molecule has 0 bridgehead atoms. The summed E-state index contributed by atoms with van der Waals surface area (Å²) in [5.74, 6) is -0.301. The quantitative estimate of drug-likeness (QED) is 0.676. The zero-order valence-electron chi connectivity index (χ0n) is 16.1. The van der Waals surface area contributed by atoms with Gasteiger partial charge in [0.2, 0.25) is 0 Å². The van der Waals surface area contributed by atoms with Crippen LogP contribution in [0, 0.1) is 0 Å². The van der Waals surface area contributed by atoms with Gasteiger partial charge >= 0.3 is 5.97 Å². The number of esters is 1. The third-order valence-electron chi connectivity index (χ3n) is 5.06. The SMILES string of the molecule is CCc1ccccc1NC(=O)COC(=O)c1ccc2c(=O)n3c(nc2c1)CCC3. The molecule has 1 N–H and O–H groups in total. The molecule has 1 aromatic heterocycles. The summed E-state index contributed by atoms with van der Waals surface area (Å²) in [6.45, 7) is 2.28. The fourth-order valence-electron chi connectivity index (χ4n) is 3.56. The molecule has 0 saturated carbocycles. The van der Waals surface area contributed by atoms with Gasteiger partial charge in [0.25, 0.3) is 11.5 Å². The second-order valence-corrected chi connectivity index (χ2v) is 6.96. The number of carbonyl (C=O) groups excluding carboxylic acids is 2. The Morgan fingerprint density at radius 1 is 1.21 bits per heavy atom. The average Bonchev–Trinajstić information content (AvgIpc) is 3.21. The van der Waals surface area contributed by atoms with Crippen molar-refractivity contribution < 1.29 is 14.3 Å². The molecule has 0 saturated heterocycles. The standard InChI is InChI=1S/C22H21N3O4/c1-2-14-6-3-4-7-17(14)24-20(26)13-29-22(28)15-9-10-16-18(12-15)23-19-8-5-11-25(19)21(16)27/h3-4,6-7,9-10,12H,2,5,8,11,13H2,1H3,(H,24,26). The summed E-state index contributed by atoms with van der Waals surface area (Å²) in [6, 6.07) is 12.1. The third-order valence-corrected chi connectivity index (χ3v) is 5.06. The molecule has 1 amide bonds. The molecule has 7 heteroatoms. The number of ether oxygens (including phenoxy) is 1. The zero-order chi connectivity index (χ0) is 20.4. The molecule has 7 nitrogen and oxygen atoms in total. The van der Waals surface area contributed by atoms with Crippen LogP contribution >= 0.6 is 0 Å². The Morgan fingerprint density at radius 2 is 2.03 bits per heavy atom. The Kier molecular flexibility index (Phi) is 5.12. The van der Waals surface area contributed by atoms with Gasteiger partial charge in [-0.2, -0.15) is 0 Å². The van der Waals surface area contributed by atoms with Crippen LogP contribution in [0.25, 0.3) is 10.9 Å². The molecule has 0 unspecified atom stereocenters. The highest BCUT2D eigenvalue weighted by Crippen LogP contribution is 2.17. The average molecular weight is 391 g/mol. The topological polar surface area (TPSA) is 90.3 Å². The van der Waals surface area contributed by atoms with Crippen molar-refractivity contribution in [3.63, 3.8) is 0 Å². The van der Waals surface area contributed by atoms with Gasteiger partial charge in [-0.3, -0.25) is 14.2 Å². The van der Waals surface area contributed by atoms with E-state index in [1.165, 1.54) is 6.07 Å². The number of hydrogen-bond acceptors (Lipinski definition) is 5. The van der Waals surface area contributed by atoms with E-state index in [-0.39, 0.29) is 11.1 Å². The smallest absolute Gasteiger partial charge is 0.338 e. The number of nitrogens with one attached hydrogen (secondary N) is 1. The monoisotopic (exact) mass is 391 g/mol. The maximum absolute atomic E-state index is 12.5. The van der Waals surface area contributed by atoms with E-state index in [9.17, 15) is 14.4 Å². The van der Waals surface area contributed by atoms with Crippen molar-refractivity contribution in [3.05, 3.63) is 69.8 Å². The number of fused-ring (bicyclic) bond motifs is 2. The number of amides is 1. The van der Waals surface area contributed by atoms with Crippen molar-refractivity contribution in [1.29, 1.82) is 0 Å². The normalized spacial score (nSPS) is 12.6. The van der Waals surface area contributed by atoms with Crippen LogP contribution in [0.4, 0.5) is 5.69 Å². The molecule has 2 aromatic carbocycles. The maximum Gasteiger partial charge on any atom is 0.338 e. The Hall–Kier alpha value is -3.48. The number of benzene rings is 2. The summed E-state index contributed by atoms with van der Waals surface area (Å²) in [5, 5.41) is 3.23. The van der Waals surface area contributed by atoms with E-state index >= 15 is 0 Å². The van der Waals surface area contributed by atoms with Crippen LogP contribution in [0.5, 0.6) is 0 Å². The fourth-order valence-corrected chi connectivity index (χ4v) is 3.56. The van der Waals surface area contributed by atoms with Gasteiger partial charge in [0, 0.05) is 18.7 Å². The minimum atomic E-state index is -0.631. The number of rotatable bonds is 5. The van der Waals surface area contributed by atoms with E-state index in [4.69, 9.17) is 4.74 Å². The summed E-state index contributed by atoms with van der Waals surface area (Å²) < 4.78 is 6.82. The second-order valence-electron chi connectivity index (χ2n) is 6.96. The summed E-state index contributed by atoms with van der Waals surface area (Å²) in [7, 11) is 0. The Labute approximate surface area is 167 Å². The molecule has 4 rings (SSSR count). The first-order valence-corrected chi connectivity index (χ1v) is 9.65. The number of nitrogens with zero attached hydrogens (tertiary/aromatic N) is 2. The molecule has 1 aliphatic heterocycles. The molecule has 1 aliphatic rings. The summed E-state index contributed by atoms with van der Waals surface area (Å²) in [4.78, 5) is 41.5. The number of anilines is 1. The predicted molar refractivity (Wildman–Crippen MR) is 109 cm³/mol. The Bertz CT molecular complexity index is 1170. The van der Waals surface area contributed by atoms with Crippen molar-refractivity contribution in [2.45, 2.75) is 32.7 Å². The zero-order valence-corrected chi connectivity index (χ0v) is 16.1. The minimum absolute atomic E-state index is 0.0867. The molecule has 2 heterocycles. The van der Waals surface area contributed by atoms with Crippen molar-refractivity contribution >= 4 is 28.5 Å². The summed E-state index contributed by atoms with van der Waals surface area (Å²) in [6.07, 6.45) is 2.42. The van der Waals surface area contributed by atoms with E-state index in [0.29, 0.717) is 23.1 Å². The van der Waals surface area contributed by atoms with Gasteiger partial charge in [-0.15, -0.1) is 0 Å². The van der Waals surface area contributed by atoms with Crippen LogP contribution in [0.2, 0.25) is 0 Å². The lowest BCUT2D eigenvalue weighted by molar-refractivity contribution is -0.119. The van der Waals surface area contributed by atoms with E-state index in [1.54, 1.807) is 16.7 Å². The maximum atomic E-state index is 12.5. The van der Waals surface area contributed by atoms with Gasteiger partial charge in [-0.25, -0.2) is 9.78 Å². The molecule has 0 spiro atoms. The van der Waals surface area contributed by atoms with Gasteiger partial charge in [0.15, 0.2) is 6.61 Å². The molecule has 148 valence electrons. The second kappa shape index (κ2) is 7.87. The summed E-state index contributed by atoms with van der Waals surface area (Å²) in [5.41, 5.74) is 2.36. The Morgan fingerprint density at radius 3 is 2.86 bits per heavy atom. The molecule has 0 aliphatic carbocycles. The van der Waals surface area contributed by atoms with E-state index < -0.39 is 18.5 Å². The van der Waals surface area contributed by atoms with Gasteiger partial charge < -0.3 is 10.1 Å². The lowest BCUT2D eigenvalue weighted by Gasteiger charge is -2.10. The van der Waals surface area contributed by atoms with Crippen molar-refractivity contribution in [3.8, 4) is 0 Å². The number of para-hydroxylation sites is 1. The van der Waals surface area contributed by atoms with Crippen LogP contribution in [-0.4, -0.2) is 28.0 Å². The largest absolute Gasteiger partial charge is 0.452 e. The first kappa shape index (κ1) is 18.9. The number of carbonyl (C=O) groups is 2. The van der Waals surface area contributed by atoms with Crippen molar-refractivity contribution in [2.24, 2.45) is 0 Å². The van der Waals surface area contributed by atoms with Crippen LogP contribution < -0.4 is 10.9 Å².